The Kier molecular flexibility index (Phi) is 2.94. The van der Waals surface area contributed by atoms with E-state index in [-0.39, 0.29) is 0 Å². The molecule has 0 bridgehead atoms. The Labute approximate surface area is 71.8 Å². The van der Waals surface area contributed by atoms with E-state index in [0.717, 1.165) is 5.56 Å². The van der Waals surface area contributed by atoms with Crippen LogP contribution in [0.4, 0.5) is 0 Å². The second kappa shape index (κ2) is 3.97. The first kappa shape index (κ1) is 8.87. The van der Waals surface area contributed by atoms with Crippen LogP contribution in [0.1, 0.15) is 18.2 Å². The fraction of sp³-hybridized carbons (Fsp3) is 0.333. The van der Waals surface area contributed by atoms with Crippen molar-refractivity contribution in [2.45, 2.75) is 13.5 Å². The SMILES string of the molecule is C=C(OCC)c1ccoc1CN. The molecule has 3 heteroatoms. The molecule has 0 saturated heterocycles. The molecule has 0 radical (unpaired) electrons. The van der Waals surface area contributed by atoms with Crippen LogP contribution in [0.3, 0.4) is 0 Å². The molecule has 0 saturated carbocycles. The van der Waals surface area contributed by atoms with Gasteiger partial charge in [0.25, 0.3) is 0 Å². The highest BCUT2D eigenvalue weighted by Gasteiger charge is 2.07. The van der Waals surface area contributed by atoms with Crippen molar-refractivity contribution in [2.24, 2.45) is 5.73 Å². The van der Waals surface area contributed by atoms with Crippen molar-refractivity contribution in [3.8, 4) is 0 Å². The molecule has 0 aromatic carbocycles. The lowest BCUT2D eigenvalue weighted by atomic mass is 10.2. The molecular weight excluding hydrogens is 154 g/mol. The maximum absolute atomic E-state index is 5.44. The Morgan fingerprint density at radius 1 is 1.75 bits per heavy atom. The van der Waals surface area contributed by atoms with Crippen LogP contribution in [0.5, 0.6) is 0 Å². The Balaban J connectivity index is 2.79. The summed E-state index contributed by atoms with van der Waals surface area (Å²) in [5, 5.41) is 0. The van der Waals surface area contributed by atoms with Gasteiger partial charge in [0.05, 0.1) is 25.0 Å². The van der Waals surface area contributed by atoms with E-state index >= 15 is 0 Å². The second-order valence-corrected chi connectivity index (χ2v) is 2.32. The Bertz CT molecular complexity index is 265. The van der Waals surface area contributed by atoms with Gasteiger partial charge in [0.2, 0.25) is 0 Å². The van der Waals surface area contributed by atoms with E-state index in [9.17, 15) is 0 Å². The van der Waals surface area contributed by atoms with E-state index in [4.69, 9.17) is 14.9 Å². The van der Waals surface area contributed by atoms with Crippen molar-refractivity contribution < 1.29 is 9.15 Å². The number of hydrogen-bond donors (Lipinski definition) is 1. The summed E-state index contributed by atoms with van der Waals surface area (Å²) in [7, 11) is 0. The largest absolute Gasteiger partial charge is 0.494 e. The Morgan fingerprint density at radius 2 is 2.50 bits per heavy atom. The highest BCUT2D eigenvalue weighted by molar-refractivity contribution is 5.58. The molecule has 0 fully saturated rings. The van der Waals surface area contributed by atoms with Gasteiger partial charge in [0, 0.05) is 0 Å². The minimum Gasteiger partial charge on any atom is -0.494 e. The zero-order chi connectivity index (χ0) is 8.97. The zero-order valence-electron chi connectivity index (χ0n) is 7.17. The third kappa shape index (κ3) is 1.68. The van der Waals surface area contributed by atoms with E-state index in [2.05, 4.69) is 6.58 Å². The van der Waals surface area contributed by atoms with Crippen LogP contribution in [-0.2, 0) is 11.3 Å². The van der Waals surface area contributed by atoms with Crippen molar-refractivity contribution in [1.29, 1.82) is 0 Å². The molecule has 0 amide bonds. The standard InChI is InChI=1S/C9H13NO2/c1-3-11-7(2)8-4-5-12-9(8)6-10/h4-5H,2-3,6,10H2,1H3. The Morgan fingerprint density at radius 3 is 3.08 bits per heavy atom. The highest BCUT2D eigenvalue weighted by Crippen LogP contribution is 2.19. The lowest BCUT2D eigenvalue weighted by Gasteiger charge is -2.05. The number of nitrogens with two attached hydrogens (primary N) is 1. The fourth-order valence-electron chi connectivity index (χ4n) is 0.999. The van der Waals surface area contributed by atoms with Gasteiger partial charge in [-0.2, -0.15) is 0 Å². The lowest BCUT2D eigenvalue weighted by molar-refractivity contribution is 0.298. The third-order valence-electron chi connectivity index (χ3n) is 1.55. The predicted octanol–water partition coefficient (Wildman–Crippen LogP) is 1.75. The first-order valence-electron chi connectivity index (χ1n) is 3.88. The van der Waals surface area contributed by atoms with Crippen molar-refractivity contribution in [1.82, 2.24) is 0 Å². The first-order chi connectivity index (χ1) is 5.79. The molecule has 0 aliphatic heterocycles. The van der Waals surface area contributed by atoms with Crippen molar-refractivity contribution >= 4 is 5.76 Å². The smallest absolute Gasteiger partial charge is 0.128 e. The van der Waals surface area contributed by atoms with Crippen LogP contribution in [0.15, 0.2) is 23.3 Å². The number of furan rings is 1. The first-order valence-corrected chi connectivity index (χ1v) is 3.88. The van der Waals surface area contributed by atoms with Crippen molar-refractivity contribution in [3.63, 3.8) is 0 Å². The summed E-state index contributed by atoms with van der Waals surface area (Å²) >= 11 is 0. The molecule has 2 N–H and O–H groups in total. The maximum Gasteiger partial charge on any atom is 0.128 e. The van der Waals surface area contributed by atoms with E-state index in [1.807, 2.05) is 6.92 Å². The predicted molar refractivity (Wildman–Crippen MR) is 47.3 cm³/mol. The number of rotatable bonds is 4. The van der Waals surface area contributed by atoms with Crippen molar-refractivity contribution in [2.75, 3.05) is 6.61 Å². The van der Waals surface area contributed by atoms with E-state index in [1.54, 1.807) is 12.3 Å². The van der Waals surface area contributed by atoms with Crippen LogP contribution in [0.25, 0.3) is 5.76 Å². The van der Waals surface area contributed by atoms with Crippen LogP contribution >= 0.6 is 0 Å². The molecule has 0 spiro atoms. The van der Waals surface area contributed by atoms with Gasteiger partial charge in [-0.15, -0.1) is 0 Å². The van der Waals surface area contributed by atoms with Gasteiger partial charge in [0.15, 0.2) is 0 Å². The van der Waals surface area contributed by atoms with E-state index in [1.165, 1.54) is 0 Å². The molecule has 3 nitrogen and oxygen atoms in total. The Hall–Kier alpha value is -1.22. The minimum absolute atomic E-state index is 0.369. The number of ether oxygens (including phenoxy) is 1. The van der Waals surface area contributed by atoms with Crippen LogP contribution < -0.4 is 5.73 Å². The van der Waals surface area contributed by atoms with Gasteiger partial charge in [-0.3, -0.25) is 0 Å². The fourth-order valence-corrected chi connectivity index (χ4v) is 0.999. The summed E-state index contributed by atoms with van der Waals surface area (Å²) in [6.45, 7) is 6.64. The van der Waals surface area contributed by atoms with Gasteiger partial charge in [-0.05, 0) is 13.0 Å². The molecule has 1 aromatic rings. The lowest BCUT2D eigenvalue weighted by Crippen LogP contribution is -1.99. The van der Waals surface area contributed by atoms with Gasteiger partial charge < -0.3 is 14.9 Å². The third-order valence-corrected chi connectivity index (χ3v) is 1.55. The normalized spacial score (nSPS) is 9.83. The number of hydrogen-bond acceptors (Lipinski definition) is 3. The quantitative estimate of drug-likeness (QED) is 0.695. The monoisotopic (exact) mass is 167 g/mol. The summed E-state index contributed by atoms with van der Waals surface area (Å²) in [6.07, 6.45) is 1.59. The average Bonchev–Trinajstić information content (AvgIpc) is 2.51. The molecule has 0 aliphatic rings. The average molecular weight is 167 g/mol. The molecular formula is C9H13NO2. The van der Waals surface area contributed by atoms with Gasteiger partial charge in [-0.25, -0.2) is 0 Å². The van der Waals surface area contributed by atoms with E-state index in [0.29, 0.717) is 24.7 Å². The molecule has 66 valence electrons. The topological polar surface area (TPSA) is 48.4 Å². The summed E-state index contributed by atoms with van der Waals surface area (Å²) in [6, 6.07) is 1.81. The van der Waals surface area contributed by atoms with Gasteiger partial charge in [-0.1, -0.05) is 6.58 Å². The molecule has 12 heavy (non-hydrogen) atoms. The molecule has 0 atom stereocenters. The summed E-state index contributed by atoms with van der Waals surface area (Å²) < 4.78 is 10.3. The molecule has 0 aliphatic carbocycles. The zero-order valence-corrected chi connectivity index (χ0v) is 7.17. The van der Waals surface area contributed by atoms with Gasteiger partial charge in [0.1, 0.15) is 11.5 Å². The van der Waals surface area contributed by atoms with Crippen molar-refractivity contribution in [3.05, 3.63) is 30.2 Å². The van der Waals surface area contributed by atoms with Crippen LogP contribution in [0, 0.1) is 0 Å². The molecule has 1 heterocycles. The highest BCUT2D eigenvalue weighted by atomic mass is 16.5. The van der Waals surface area contributed by atoms with Crippen LogP contribution in [-0.4, -0.2) is 6.61 Å². The second-order valence-electron chi connectivity index (χ2n) is 2.32. The molecule has 1 aromatic heterocycles. The maximum atomic E-state index is 5.44. The van der Waals surface area contributed by atoms with Gasteiger partial charge >= 0.3 is 0 Å². The summed E-state index contributed by atoms with van der Waals surface area (Å²) in [4.78, 5) is 0. The summed E-state index contributed by atoms with van der Waals surface area (Å²) in [5.41, 5.74) is 6.30. The molecule has 1 rings (SSSR count). The van der Waals surface area contributed by atoms with E-state index < -0.39 is 0 Å². The molecule has 0 unspecified atom stereocenters. The minimum atomic E-state index is 0.369. The van der Waals surface area contributed by atoms with Crippen LogP contribution in [0.2, 0.25) is 0 Å². The summed E-state index contributed by atoms with van der Waals surface area (Å²) in [5.74, 6) is 1.33.